The predicted octanol–water partition coefficient (Wildman–Crippen LogP) is 5.89. The fraction of sp³-hybridized carbons (Fsp3) is 0.0833. The summed E-state index contributed by atoms with van der Waals surface area (Å²) in [6, 6.07) is 25.4. The van der Waals surface area contributed by atoms with Crippen molar-refractivity contribution in [3.8, 4) is 5.75 Å². The number of fused-ring (bicyclic) bond motifs is 1. The van der Waals surface area contributed by atoms with E-state index in [1.54, 1.807) is 0 Å². The Balaban J connectivity index is 1.68. The zero-order valence-corrected chi connectivity index (χ0v) is 16.4. The second kappa shape index (κ2) is 8.71. The third-order valence-electron chi connectivity index (χ3n) is 4.40. The molecule has 0 fully saturated rings. The topological polar surface area (TPSA) is 59.4 Å². The van der Waals surface area contributed by atoms with Gasteiger partial charge in [0.1, 0.15) is 17.4 Å². The second-order valence-corrected chi connectivity index (χ2v) is 7.57. The van der Waals surface area contributed by atoms with Crippen LogP contribution in [0.4, 0.5) is 0 Å². The van der Waals surface area contributed by atoms with Gasteiger partial charge in [0.15, 0.2) is 0 Å². The van der Waals surface area contributed by atoms with Gasteiger partial charge in [0.25, 0.3) is 0 Å². The third-order valence-corrected chi connectivity index (χ3v) is 5.51. The quantitative estimate of drug-likeness (QED) is 0.419. The summed E-state index contributed by atoms with van der Waals surface area (Å²) in [4.78, 5) is 16.1. The van der Waals surface area contributed by atoms with E-state index in [1.807, 2.05) is 84.9 Å². The van der Waals surface area contributed by atoms with Crippen LogP contribution in [0.1, 0.15) is 22.6 Å². The van der Waals surface area contributed by atoms with Crippen LogP contribution in [0.5, 0.6) is 5.75 Å². The van der Waals surface area contributed by atoms with Crippen LogP contribution in [0, 0.1) is 0 Å². The Bertz CT molecular complexity index is 1130. The molecule has 0 saturated carbocycles. The monoisotopic (exact) mass is 401 g/mol. The molecule has 4 nitrogen and oxygen atoms in total. The van der Waals surface area contributed by atoms with E-state index in [4.69, 9.17) is 4.74 Å². The minimum absolute atomic E-state index is 0.104. The number of ether oxygens (including phenoxy) is 1. The molecule has 1 heterocycles. The summed E-state index contributed by atoms with van der Waals surface area (Å²) in [5, 5.41) is 10.1. The fourth-order valence-electron chi connectivity index (χ4n) is 3.02. The molecule has 1 N–H and O–H groups in total. The molecule has 0 spiro atoms. The lowest BCUT2D eigenvalue weighted by molar-refractivity contribution is -0.135. The van der Waals surface area contributed by atoms with Crippen LogP contribution in [0.3, 0.4) is 0 Å². The van der Waals surface area contributed by atoms with Crippen LogP contribution in [-0.4, -0.2) is 16.1 Å². The summed E-state index contributed by atoms with van der Waals surface area (Å²) in [6.45, 7) is 0.446. The molecule has 5 heteroatoms. The Hall–Kier alpha value is -3.44. The van der Waals surface area contributed by atoms with Crippen molar-refractivity contribution in [3.63, 3.8) is 0 Å². The van der Waals surface area contributed by atoms with Gasteiger partial charge in [0, 0.05) is 5.56 Å². The van der Waals surface area contributed by atoms with Gasteiger partial charge in [0.05, 0.1) is 16.6 Å². The number of aliphatic carboxylic acids is 1. The lowest BCUT2D eigenvalue weighted by Gasteiger charge is -2.10. The van der Waals surface area contributed by atoms with Crippen LogP contribution < -0.4 is 4.74 Å². The molecule has 4 rings (SSSR count). The fourth-order valence-corrected chi connectivity index (χ4v) is 3.99. The van der Waals surface area contributed by atoms with E-state index in [0.717, 1.165) is 21.3 Å². The molecule has 0 saturated heterocycles. The molecule has 3 aromatic carbocycles. The molecule has 29 heavy (non-hydrogen) atoms. The minimum atomic E-state index is -0.891. The summed E-state index contributed by atoms with van der Waals surface area (Å²) in [7, 11) is 0. The van der Waals surface area contributed by atoms with Crippen molar-refractivity contribution in [3.05, 3.63) is 95.0 Å². The van der Waals surface area contributed by atoms with E-state index in [9.17, 15) is 9.90 Å². The normalized spacial score (nSPS) is 11.5. The number of nitrogens with zero attached hydrogens (tertiary/aromatic N) is 1. The molecule has 144 valence electrons. The molecule has 0 bridgehead atoms. The van der Waals surface area contributed by atoms with Crippen molar-refractivity contribution in [2.45, 2.75) is 13.0 Å². The van der Waals surface area contributed by atoms with Crippen LogP contribution in [0.2, 0.25) is 0 Å². The van der Waals surface area contributed by atoms with Gasteiger partial charge in [-0.3, -0.25) is 4.79 Å². The Morgan fingerprint density at radius 2 is 1.69 bits per heavy atom. The highest BCUT2D eigenvalue weighted by Gasteiger charge is 2.14. The molecule has 0 aliphatic rings. The maximum absolute atomic E-state index is 11.5. The highest BCUT2D eigenvalue weighted by atomic mass is 32.1. The Labute approximate surface area is 172 Å². The van der Waals surface area contributed by atoms with Crippen molar-refractivity contribution >= 4 is 39.2 Å². The van der Waals surface area contributed by atoms with Gasteiger partial charge in [-0.25, -0.2) is 4.98 Å². The van der Waals surface area contributed by atoms with Crippen LogP contribution in [0.25, 0.3) is 21.9 Å². The molecule has 0 radical (unpaired) electrons. The van der Waals surface area contributed by atoms with Crippen molar-refractivity contribution in [2.75, 3.05) is 0 Å². The number of carboxylic acids is 1. The number of rotatable bonds is 7. The first-order valence-electron chi connectivity index (χ1n) is 9.23. The second-order valence-electron chi connectivity index (χ2n) is 6.54. The van der Waals surface area contributed by atoms with Crippen LogP contribution >= 0.6 is 11.3 Å². The standard InChI is InChI=1S/C24H19NO3S/c26-23(27)15-19(24-25-20-11-5-7-13-22(20)29-24)14-18-10-4-6-12-21(18)28-16-17-8-2-1-3-9-17/h1-14H,15-16H2,(H,26,27). The lowest BCUT2D eigenvalue weighted by atomic mass is 10.1. The average molecular weight is 401 g/mol. The van der Waals surface area contributed by atoms with Crippen molar-refractivity contribution in [1.29, 1.82) is 0 Å². The zero-order chi connectivity index (χ0) is 20.1. The largest absolute Gasteiger partial charge is 0.488 e. The summed E-state index contributed by atoms with van der Waals surface area (Å²) in [5.74, 6) is -0.182. The predicted molar refractivity (Wildman–Crippen MR) is 117 cm³/mol. The summed E-state index contributed by atoms with van der Waals surface area (Å²) < 4.78 is 7.05. The van der Waals surface area contributed by atoms with E-state index < -0.39 is 5.97 Å². The van der Waals surface area contributed by atoms with E-state index in [-0.39, 0.29) is 6.42 Å². The molecule has 0 unspecified atom stereocenters. The first-order valence-corrected chi connectivity index (χ1v) is 10.0. The number of hydrogen-bond acceptors (Lipinski definition) is 4. The minimum Gasteiger partial charge on any atom is -0.488 e. The first-order chi connectivity index (χ1) is 14.2. The summed E-state index contributed by atoms with van der Waals surface area (Å²) in [5.41, 5.74) is 3.44. The van der Waals surface area contributed by atoms with Gasteiger partial charge in [-0.05, 0) is 35.4 Å². The molecular formula is C24H19NO3S. The number of thiazole rings is 1. The number of carbonyl (C=O) groups is 1. The average Bonchev–Trinajstić information content (AvgIpc) is 3.17. The van der Waals surface area contributed by atoms with Gasteiger partial charge in [0.2, 0.25) is 0 Å². The Morgan fingerprint density at radius 3 is 2.48 bits per heavy atom. The number of hydrogen-bond donors (Lipinski definition) is 1. The number of carboxylic acid groups (broad SMARTS) is 1. The van der Waals surface area contributed by atoms with E-state index in [2.05, 4.69) is 4.98 Å². The molecule has 0 aliphatic heterocycles. The highest BCUT2D eigenvalue weighted by molar-refractivity contribution is 7.19. The van der Waals surface area contributed by atoms with Gasteiger partial charge in [-0.1, -0.05) is 60.7 Å². The lowest BCUT2D eigenvalue weighted by Crippen LogP contribution is -1.99. The number of para-hydroxylation sites is 2. The van der Waals surface area contributed by atoms with Gasteiger partial charge < -0.3 is 9.84 Å². The Kier molecular flexibility index (Phi) is 5.68. The molecule has 4 aromatic rings. The smallest absolute Gasteiger partial charge is 0.307 e. The van der Waals surface area contributed by atoms with Crippen LogP contribution in [-0.2, 0) is 11.4 Å². The zero-order valence-electron chi connectivity index (χ0n) is 15.6. The van der Waals surface area contributed by atoms with Crippen molar-refractivity contribution in [2.24, 2.45) is 0 Å². The van der Waals surface area contributed by atoms with E-state index in [1.165, 1.54) is 11.3 Å². The maximum atomic E-state index is 11.5. The number of aromatic nitrogens is 1. The SMILES string of the molecule is O=C(O)CC(=Cc1ccccc1OCc1ccccc1)c1nc2ccccc2s1. The summed E-state index contributed by atoms with van der Waals surface area (Å²) >= 11 is 1.50. The van der Waals surface area contributed by atoms with Gasteiger partial charge in [-0.15, -0.1) is 11.3 Å². The third kappa shape index (κ3) is 4.70. The molecular weight excluding hydrogens is 382 g/mol. The molecule has 0 atom stereocenters. The van der Waals surface area contributed by atoms with Crippen molar-refractivity contribution in [1.82, 2.24) is 4.98 Å². The molecule has 0 aliphatic carbocycles. The van der Waals surface area contributed by atoms with Crippen molar-refractivity contribution < 1.29 is 14.6 Å². The van der Waals surface area contributed by atoms with Gasteiger partial charge >= 0.3 is 5.97 Å². The van der Waals surface area contributed by atoms with E-state index >= 15 is 0 Å². The van der Waals surface area contributed by atoms with Crippen LogP contribution in [0.15, 0.2) is 78.9 Å². The Morgan fingerprint density at radius 1 is 0.966 bits per heavy atom. The molecule has 1 aromatic heterocycles. The molecule has 0 amide bonds. The van der Waals surface area contributed by atoms with E-state index in [0.29, 0.717) is 22.9 Å². The maximum Gasteiger partial charge on any atom is 0.307 e. The van der Waals surface area contributed by atoms with Gasteiger partial charge in [-0.2, -0.15) is 0 Å². The first kappa shape index (κ1) is 18.9. The summed E-state index contributed by atoms with van der Waals surface area (Å²) in [6.07, 6.45) is 1.76. The highest BCUT2D eigenvalue weighted by Crippen LogP contribution is 2.32. The number of benzene rings is 3.